The highest BCUT2D eigenvalue weighted by Gasteiger charge is 2.26. The maximum atomic E-state index is 12.6. The Labute approximate surface area is 176 Å². The van der Waals surface area contributed by atoms with Crippen molar-refractivity contribution in [3.05, 3.63) is 65.7 Å². The summed E-state index contributed by atoms with van der Waals surface area (Å²) in [6.45, 7) is 0.759. The van der Waals surface area contributed by atoms with Gasteiger partial charge in [0.15, 0.2) is 0 Å². The van der Waals surface area contributed by atoms with Gasteiger partial charge in [-0.15, -0.1) is 0 Å². The van der Waals surface area contributed by atoms with E-state index >= 15 is 0 Å². The fraction of sp³-hybridized carbons (Fsp3) is 0.435. The molecule has 1 aromatic carbocycles. The molecule has 1 fully saturated rings. The second-order valence-electron chi connectivity index (χ2n) is 8.38. The van der Waals surface area contributed by atoms with Gasteiger partial charge in [0.2, 0.25) is 0 Å². The summed E-state index contributed by atoms with van der Waals surface area (Å²) in [5.74, 6) is 0. The van der Waals surface area contributed by atoms with Gasteiger partial charge in [0.1, 0.15) is 0 Å². The van der Waals surface area contributed by atoms with Gasteiger partial charge in [-0.25, -0.2) is 4.79 Å². The van der Waals surface area contributed by atoms with E-state index in [2.05, 4.69) is 49.8 Å². The highest BCUT2D eigenvalue weighted by molar-refractivity contribution is 5.89. The van der Waals surface area contributed by atoms with Gasteiger partial charge in [-0.3, -0.25) is 9.36 Å². The lowest BCUT2D eigenvalue weighted by molar-refractivity contribution is 0.247. The van der Waals surface area contributed by atoms with Crippen LogP contribution in [0.1, 0.15) is 67.4 Å². The van der Waals surface area contributed by atoms with Gasteiger partial charge in [0.05, 0.1) is 36.7 Å². The number of aromatic nitrogens is 4. The molecule has 0 bridgehead atoms. The van der Waals surface area contributed by atoms with Crippen LogP contribution in [0.5, 0.6) is 0 Å². The Balaban J connectivity index is 1.23. The van der Waals surface area contributed by atoms with E-state index in [-0.39, 0.29) is 12.1 Å². The number of hydrogen-bond acceptors (Lipinski definition) is 3. The zero-order valence-corrected chi connectivity index (χ0v) is 17.1. The van der Waals surface area contributed by atoms with Gasteiger partial charge in [-0.1, -0.05) is 43.2 Å². The minimum absolute atomic E-state index is 0.0110. The zero-order valence-electron chi connectivity index (χ0n) is 17.1. The predicted molar refractivity (Wildman–Crippen MR) is 115 cm³/mol. The first-order valence-electron chi connectivity index (χ1n) is 11.0. The molecule has 1 atom stereocenters. The van der Waals surface area contributed by atoms with Gasteiger partial charge >= 0.3 is 6.03 Å². The monoisotopic (exact) mass is 404 g/mol. The maximum Gasteiger partial charge on any atom is 0.319 e. The predicted octanol–water partition coefficient (Wildman–Crippen LogP) is 4.44. The molecule has 30 heavy (non-hydrogen) atoms. The topological polar surface area (TPSA) is 76.8 Å². The maximum absolute atomic E-state index is 12.6. The number of carbonyl (C=O) groups is 1. The minimum atomic E-state index is -0.186. The van der Waals surface area contributed by atoms with E-state index in [1.54, 1.807) is 6.20 Å². The summed E-state index contributed by atoms with van der Waals surface area (Å²) >= 11 is 0. The molecule has 156 valence electrons. The summed E-state index contributed by atoms with van der Waals surface area (Å²) in [5.41, 5.74) is 4.34. The Kier molecular flexibility index (Phi) is 5.26. The van der Waals surface area contributed by atoms with Crippen LogP contribution in [0.4, 0.5) is 10.5 Å². The normalized spacial score (nSPS) is 18.9. The van der Waals surface area contributed by atoms with E-state index < -0.39 is 0 Å². The van der Waals surface area contributed by atoms with Crippen LogP contribution >= 0.6 is 0 Å². The number of rotatable bonds is 5. The van der Waals surface area contributed by atoms with Crippen LogP contribution in [-0.4, -0.2) is 25.6 Å². The van der Waals surface area contributed by atoms with Crippen LogP contribution < -0.4 is 10.6 Å². The fourth-order valence-electron chi connectivity index (χ4n) is 4.76. The summed E-state index contributed by atoms with van der Waals surface area (Å²) in [4.78, 5) is 12.6. The van der Waals surface area contributed by atoms with E-state index in [1.165, 1.54) is 36.9 Å². The first kappa shape index (κ1) is 18.9. The van der Waals surface area contributed by atoms with Crippen molar-refractivity contribution in [1.29, 1.82) is 0 Å². The Morgan fingerprint density at radius 1 is 1.03 bits per heavy atom. The number of amides is 2. The minimum Gasteiger partial charge on any atom is -0.331 e. The Morgan fingerprint density at radius 2 is 1.87 bits per heavy atom. The molecule has 2 aromatic heterocycles. The SMILES string of the molecule is O=C(Nc1cnn(C2CCCC2)c1)NC1CCCc2c1cnn2Cc1ccccc1. The van der Waals surface area contributed by atoms with Crippen LogP contribution in [-0.2, 0) is 13.0 Å². The molecule has 2 heterocycles. The largest absolute Gasteiger partial charge is 0.331 e. The molecule has 2 aliphatic rings. The Bertz CT molecular complexity index is 1000. The van der Waals surface area contributed by atoms with Gasteiger partial charge in [0.25, 0.3) is 0 Å². The van der Waals surface area contributed by atoms with Crippen LogP contribution in [0, 0.1) is 0 Å². The molecule has 0 radical (unpaired) electrons. The third kappa shape index (κ3) is 3.97. The van der Waals surface area contributed by atoms with Crippen molar-refractivity contribution in [2.75, 3.05) is 5.32 Å². The van der Waals surface area contributed by atoms with E-state index in [0.29, 0.717) is 6.04 Å². The third-order valence-corrected chi connectivity index (χ3v) is 6.30. The molecule has 2 amide bonds. The van der Waals surface area contributed by atoms with Gasteiger partial charge in [-0.2, -0.15) is 10.2 Å². The van der Waals surface area contributed by atoms with Crippen molar-refractivity contribution in [3.8, 4) is 0 Å². The molecule has 5 rings (SSSR count). The van der Waals surface area contributed by atoms with Gasteiger partial charge < -0.3 is 10.6 Å². The first-order chi connectivity index (χ1) is 14.8. The average molecular weight is 405 g/mol. The standard InChI is InChI=1S/C23H28N6O/c30-23(26-18-13-24-28(16-18)19-9-4-5-10-19)27-21-11-6-12-22-20(21)14-25-29(22)15-17-7-2-1-3-8-17/h1-3,7-8,13-14,16,19,21H,4-6,9-12,15H2,(H2,26,27,30). The molecule has 2 N–H and O–H groups in total. The van der Waals surface area contributed by atoms with Crippen molar-refractivity contribution in [2.24, 2.45) is 0 Å². The van der Waals surface area contributed by atoms with Gasteiger partial charge in [0, 0.05) is 17.5 Å². The highest BCUT2D eigenvalue weighted by atomic mass is 16.2. The number of benzene rings is 1. The summed E-state index contributed by atoms with van der Waals surface area (Å²) in [6.07, 6.45) is 13.4. The van der Waals surface area contributed by atoms with E-state index in [9.17, 15) is 4.79 Å². The number of nitrogens with zero attached hydrogens (tertiary/aromatic N) is 4. The van der Waals surface area contributed by atoms with Gasteiger partial charge in [-0.05, 0) is 37.7 Å². The van der Waals surface area contributed by atoms with Crippen molar-refractivity contribution < 1.29 is 4.79 Å². The second-order valence-corrected chi connectivity index (χ2v) is 8.38. The van der Waals surface area contributed by atoms with Crippen molar-refractivity contribution in [1.82, 2.24) is 24.9 Å². The summed E-state index contributed by atoms with van der Waals surface area (Å²) in [6, 6.07) is 10.6. The Morgan fingerprint density at radius 3 is 2.70 bits per heavy atom. The van der Waals surface area contributed by atoms with E-state index in [0.717, 1.165) is 37.1 Å². The number of nitrogens with one attached hydrogen (secondary N) is 2. The molecule has 7 nitrogen and oxygen atoms in total. The molecular weight excluding hydrogens is 376 g/mol. The first-order valence-corrected chi connectivity index (χ1v) is 11.0. The summed E-state index contributed by atoms with van der Waals surface area (Å²) in [7, 11) is 0. The molecular formula is C23H28N6O. The molecule has 0 spiro atoms. The molecule has 0 aliphatic heterocycles. The highest BCUT2D eigenvalue weighted by Crippen LogP contribution is 2.31. The average Bonchev–Trinajstić information content (AvgIpc) is 3.50. The smallest absolute Gasteiger partial charge is 0.319 e. The zero-order chi connectivity index (χ0) is 20.3. The number of carbonyl (C=O) groups excluding carboxylic acids is 1. The third-order valence-electron chi connectivity index (χ3n) is 6.30. The lowest BCUT2D eigenvalue weighted by Crippen LogP contribution is -2.34. The van der Waals surface area contributed by atoms with Crippen LogP contribution in [0.2, 0.25) is 0 Å². The quantitative estimate of drug-likeness (QED) is 0.660. The van der Waals surface area contributed by atoms with Crippen molar-refractivity contribution in [2.45, 2.75) is 63.6 Å². The lowest BCUT2D eigenvalue weighted by atomic mass is 9.93. The molecule has 1 saturated carbocycles. The second kappa shape index (κ2) is 8.34. The van der Waals surface area contributed by atoms with Crippen LogP contribution in [0.3, 0.4) is 0 Å². The van der Waals surface area contributed by atoms with E-state index in [4.69, 9.17) is 0 Å². The molecule has 3 aromatic rings. The lowest BCUT2D eigenvalue weighted by Gasteiger charge is -2.24. The summed E-state index contributed by atoms with van der Waals surface area (Å²) < 4.78 is 4.07. The number of fused-ring (bicyclic) bond motifs is 1. The molecule has 1 unspecified atom stereocenters. The summed E-state index contributed by atoms with van der Waals surface area (Å²) in [5, 5.41) is 15.1. The van der Waals surface area contributed by atoms with E-state index in [1.807, 2.05) is 23.1 Å². The van der Waals surface area contributed by atoms with Crippen LogP contribution in [0.15, 0.2) is 48.9 Å². The molecule has 7 heteroatoms. The molecule has 0 saturated heterocycles. The Hall–Kier alpha value is -3.09. The van der Waals surface area contributed by atoms with Crippen molar-refractivity contribution >= 4 is 11.7 Å². The van der Waals surface area contributed by atoms with Crippen molar-refractivity contribution in [3.63, 3.8) is 0 Å². The molecule has 2 aliphatic carbocycles. The number of urea groups is 1. The van der Waals surface area contributed by atoms with Crippen LogP contribution in [0.25, 0.3) is 0 Å². The number of anilines is 1. The number of hydrogen-bond donors (Lipinski definition) is 2. The fourth-order valence-corrected chi connectivity index (χ4v) is 4.76.